The third kappa shape index (κ3) is 5.22. The lowest BCUT2D eigenvalue weighted by Gasteiger charge is -2.37. The summed E-state index contributed by atoms with van der Waals surface area (Å²) in [5, 5.41) is 2.93. The number of hydrogen-bond donors (Lipinski definition) is 1. The Kier molecular flexibility index (Phi) is 7.03. The minimum Gasteiger partial charge on any atom is -0.496 e. The molecule has 0 bridgehead atoms. The molecule has 0 radical (unpaired) electrons. The monoisotopic (exact) mass is 453 g/mol. The third-order valence-corrected chi connectivity index (χ3v) is 6.10. The Bertz CT molecular complexity index is 1000. The Morgan fingerprint density at radius 1 is 1.03 bits per heavy atom. The number of methoxy groups -OCH3 is 1. The number of amides is 2. The van der Waals surface area contributed by atoms with E-state index in [4.69, 9.17) is 14.2 Å². The summed E-state index contributed by atoms with van der Waals surface area (Å²) in [5.41, 5.74) is 1.58. The van der Waals surface area contributed by atoms with Gasteiger partial charge in [-0.1, -0.05) is 32.0 Å². The average molecular weight is 454 g/mol. The van der Waals surface area contributed by atoms with E-state index >= 15 is 0 Å². The summed E-state index contributed by atoms with van der Waals surface area (Å²) < 4.78 is 16.1. The van der Waals surface area contributed by atoms with Gasteiger partial charge < -0.3 is 24.4 Å². The van der Waals surface area contributed by atoms with E-state index in [-0.39, 0.29) is 24.5 Å². The number of nitrogens with one attached hydrogen (secondary N) is 1. The van der Waals surface area contributed by atoms with Crippen molar-refractivity contribution in [2.24, 2.45) is 5.92 Å². The van der Waals surface area contributed by atoms with Crippen molar-refractivity contribution in [2.75, 3.05) is 40.1 Å². The molecule has 4 rings (SSSR count). The van der Waals surface area contributed by atoms with Gasteiger partial charge in [0, 0.05) is 32.7 Å². The molecule has 0 spiro atoms. The topological polar surface area (TPSA) is 80.3 Å². The van der Waals surface area contributed by atoms with Crippen LogP contribution in [0.1, 0.15) is 29.8 Å². The molecule has 1 fully saturated rings. The largest absolute Gasteiger partial charge is 0.496 e. The normalized spacial score (nSPS) is 16.5. The number of piperazine rings is 1. The third-order valence-electron chi connectivity index (χ3n) is 6.10. The van der Waals surface area contributed by atoms with Gasteiger partial charge in [0.1, 0.15) is 11.8 Å². The van der Waals surface area contributed by atoms with Crippen LogP contribution in [0.4, 0.5) is 0 Å². The fourth-order valence-electron chi connectivity index (χ4n) is 4.19. The molecule has 33 heavy (non-hydrogen) atoms. The summed E-state index contributed by atoms with van der Waals surface area (Å²) in [5.74, 6) is 1.66. The molecule has 0 saturated carbocycles. The summed E-state index contributed by atoms with van der Waals surface area (Å²) in [6.07, 6.45) is 0. The average Bonchev–Trinajstić information content (AvgIpc) is 3.30. The van der Waals surface area contributed by atoms with Gasteiger partial charge in [-0.15, -0.1) is 0 Å². The molecular formula is C25H31N3O5. The summed E-state index contributed by atoms with van der Waals surface area (Å²) in [7, 11) is 1.53. The zero-order chi connectivity index (χ0) is 23.4. The van der Waals surface area contributed by atoms with E-state index in [0.29, 0.717) is 24.4 Å². The minimum atomic E-state index is -0.595. The first kappa shape index (κ1) is 22.9. The van der Waals surface area contributed by atoms with E-state index in [0.717, 1.165) is 36.7 Å². The fraction of sp³-hybridized carbons (Fsp3) is 0.440. The molecule has 0 aromatic heterocycles. The number of ether oxygens (including phenoxy) is 3. The standard InChI is InChI=1S/C25H31N3O5/c1-17(2)23(26-24(29)19-6-4-5-7-20(19)31-3)25(30)28-12-10-27(11-13-28)15-18-8-9-21-22(14-18)33-16-32-21/h4-9,14,17,23H,10-13,15-16H2,1-3H3,(H,26,29)/t23-/m1/s1. The highest BCUT2D eigenvalue weighted by atomic mass is 16.7. The van der Waals surface area contributed by atoms with Gasteiger partial charge in [0.2, 0.25) is 12.7 Å². The zero-order valence-electron chi connectivity index (χ0n) is 19.4. The lowest BCUT2D eigenvalue weighted by molar-refractivity contribution is -0.136. The van der Waals surface area contributed by atoms with Crippen LogP contribution in [0, 0.1) is 5.92 Å². The van der Waals surface area contributed by atoms with Crippen LogP contribution in [0.2, 0.25) is 0 Å². The molecule has 0 unspecified atom stereocenters. The van der Waals surface area contributed by atoms with Crippen LogP contribution in [-0.2, 0) is 11.3 Å². The van der Waals surface area contributed by atoms with E-state index in [9.17, 15) is 9.59 Å². The summed E-state index contributed by atoms with van der Waals surface area (Å²) in [4.78, 5) is 30.3. The Balaban J connectivity index is 1.34. The van der Waals surface area contributed by atoms with Gasteiger partial charge in [-0.3, -0.25) is 14.5 Å². The lowest BCUT2D eigenvalue weighted by atomic mass is 10.0. The van der Waals surface area contributed by atoms with Crippen molar-refractivity contribution in [2.45, 2.75) is 26.4 Å². The molecular weight excluding hydrogens is 422 g/mol. The van der Waals surface area contributed by atoms with Crippen LogP contribution in [0.25, 0.3) is 0 Å². The first-order valence-corrected chi connectivity index (χ1v) is 11.3. The van der Waals surface area contributed by atoms with Crippen LogP contribution in [-0.4, -0.2) is 67.7 Å². The number of fused-ring (bicyclic) bond motifs is 1. The van der Waals surface area contributed by atoms with Crippen LogP contribution in [0.3, 0.4) is 0 Å². The molecule has 1 atom stereocenters. The van der Waals surface area contributed by atoms with E-state index in [1.165, 1.54) is 7.11 Å². The smallest absolute Gasteiger partial charge is 0.255 e. The first-order valence-electron chi connectivity index (χ1n) is 11.3. The van der Waals surface area contributed by atoms with Gasteiger partial charge in [-0.05, 0) is 35.7 Å². The summed E-state index contributed by atoms with van der Waals surface area (Å²) in [6, 6.07) is 12.4. The maximum Gasteiger partial charge on any atom is 0.255 e. The number of nitrogens with zero attached hydrogens (tertiary/aromatic N) is 2. The number of hydrogen-bond acceptors (Lipinski definition) is 6. The van der Waals surface area contributed by atoms with Crippen LogP contribution >= 0.6 is 0 Å². The Morgan fingerprint density at radius 3 is 2.48 bits per heavy atom. The van der Waals surface area contributed by atoms with Crippen molar-refractivity contribution < 1.29 is 23.8 Å². The number of carbonyl (C=O) groups is 2. The van der Waals surface area contributed by atoms with Gasteiger partial charge in [0.15, 0.2) is 11.5 Å². The Labute approximate surface area is 194 Å². The highest BCUT2D eigenvalue weighted by Gasteiger charge is 2.31. The van der Waals surface area contributed by atoms with E-state index < -0.39 is 6.04 Å². The second-order valence-electron chi connectivity index (χ2n) is 8.68. The molecule has 2 aromatic rings. The number of benzene rings is 2. The van der Waals surface area contributed by atoms with Gasteiger partial charge in [-0.25, -0.2) is 0 Å². The predicted molar refractivity (Wildman–Crippen MR) is 124 cm³/mol. The molecule has 2 amide bonds. The lowest BCUT2D eigenvalue weighted by Crippen LogP contribution is -2.56. The van der Waals surface area contributed by atoms with Crippen molar-refractivity contribution >= 4 is 11.8 Å². The van der Waals surface area contributed by atoms with E-state index in [2.05, 4.69) is 10.2 Å². The van der Waals surface area contributed by atoms with Crippen molar-refractivity contribution in [3.63, 3.8) is 0 Å². The second-order valence-corrected chi connectivity index (χ2v) is 8.68. The maximum absolute atomic E-state index is 13.3. The van der Waals surface area contributed by atoms with Gasteiger partial charge in [-0.2, -0.15) is 0 Å². The molecule has 2 aliphatic rings. The predicted octanol–water partition coefficient (Wildman–Crippen LogP) is 2.52. The van der Waals surface area contributed by atoms with Crippen LogP contribution in [0.15, 0.2) is 42.5 Å². The Morgan fingerprint density at radius 2 is 1.76 bits per heavy atom. The van der Waals surface area contributed by atoms with E-state index in [1.807, 2.05) is 43.0 Å². The fourth-order valence-corrected chi connectivity index (χ4v) is 4.19. The molecule has 2 aliphatic heterocycles. The van der Waals surface area contributed by atoms with Crippen molar-refractivity contribution in [1.29, 1.82) is 0 Å². The highest BCUT2D eigenvalue weighted by Crippen LogP contribution is 2.32. The summed E-state index contributed by atoms with van der Waals surface area (Å²) >= 11 is 0. The van der Waals surface area contributed by atoms with E-state index in [1.54, 1.807) is 18.2 Å². The van der Waals surface area contributed by atoms with Crippen molar-refractivity contribution in [3.8, 4) is 17.2 Å². The van der Waals surface area contributed by atoms with Gasteiger partial charge >= 0.3 is 0 Å². The molecule has 2 heterocycles. The molecule has 0 aliphatic carbocycles. The van der Waals surface area contributed by atoms with Gasteiger partial charge in [0.25, 0.3) is 5.91 Å². The maximum atomic E-state index is 13.3. The molecule has 176 valence electrons. The minimum absolute atomic E-state index is 0.0391. The second kappa shape index (κ2) is 10.1. The zero-order valence-corrected chi connectivity index (χ0v) is 19.4. The first-order chi connectivity index (χ1) is 16.0. The van der Waals surface area contributed by atoms with Crippen molar-refractivity contribution in [3.05, 3.63) is 53.6 Å². The highest BCUT2D eigenvalue weighted by molar-refractivity contribution is 5.99. The SMILES string of the molecule is COc1ccccc1C(=O)N[C@@H](C(=O)N1CCN(Cc2ccc3c(c2)OCO3)CC1)C(C)C. The van der Waals surface area contributed by atoms with Crippen LogP contribution in [0.5, 0.6) is 17.2 Å². The molecule has 1 saturated heterocycles. The molecule has 1 N–H and O–H groups in total. The quantitative estimate of drug-likeness (QED) is 0.694. The molecule has 8 nitrogen and oxygen atoms in total. The Hall–Kier alpha value is -3.26. The van der Waals surface area contributed by atoms with Crippen molar-refractivity contribution in [1.82, 2.24) is 15.1 Å². The van der Waals surface area contributed by atoms with Gasteiger partial charge in [0.05, 0.1) is 12.7 Å². The van der Waals surface area contributed by atoms with Crippen LogP contribution < -0.4 is 19.5 Å². The number of para-hydroxylation sites is 1. The number of carbonyl (C=O) groups excluding carboxylic acids is 2. The summed E-state index contributed by atoms with van der Waals surface area (Å²) in [6.45, 7) is 7.73. The molecule has 8 heteroatoms. The number of rotatable bonds is 7. The molecule has 2 aromatic carbocycles.